The highest BCUT2D eigenvalue weighted by Gasteiger charge is 2.10. The number of hydrogen-bond acceptors (Lipinski definition) is 5. The summed E-state index contributed by atoms with van der Waals surface area (Å²) in [7, 11) is 1.77. The quantitative estimate of drug-likeness (QED) is 0.518. The van der Waals surface area contributed by atoms with Gasteiger partial charge in [-0.15, -0.1) is 11.3 Å². The molecule has 128 valence electrons. The summed E-state index contributed by atoms with van der Waals surface area (Å²) in [5.41, 5.74) is 3.27. The fourth-order valence-corrected chi connectivity index (χ4v) is 3.62. The van der Waals surface area contributed by atoms with Crippen molar-refractivity contribution in [2.75, 3.05) is 7.05 Å². The molecule has 4 rings (SSSR count). The molecule has 0 atom stereocenters. The average molecular weight is 360 g/mol. The van der Waals surface area contributed by atoms with Crippen LogP contribution in [0.2, 0.25) is 0 Å². The second kappa shape index (κ2) is 7.01. The number of likely N-dealkylation sites (N-methyl/N-ethyl adjacent to an activating group) is 1. The first-order valence-corrected chi connectivity index (χ1v) is 9.00. The normalized spacial score (nSPS) is 11.4. The molecule has 0 fully saturated rings. The molecule has 0 saturated heterocycles. The number of aromatic nitrogens is 3. The van der Waals surface area contributed by atoms with Gasteiger partial charge in [-0.2, -0.15) is 0 Å². The number of fused-ring (bicyclic) bond motifs is 2. The zero-order valence-electron chi connectivity index (χ0n) is 14.2. The molecule has 0 N–H and O–H groups in total. The first-order chi connectivity index (χ1) is 12.7. The molecule has 5 nitrogen and oxygen atoms in total. The summed E-state index contributed by atoms with van der Waals surface area (Å²) in [5, 5.41) is 0.918. The van der Waals surface area contributed by atoms with Crippen LogP contribution in [-0.2, 0) is 11.3 Å². The van der Waals surface area contributed by atoms with E-state index in [-0.39, 0.29) is 5.91 Å². The topological polar surface area (TPSA) is 59.0 Å². The standard InChI is InChI=1S/C20H16N4OS/c1-24(13-19-23-17-8-4-5-9-18(17)26-19)20(25)11-10-14-12-21-15-6-2-3-7-16(15)22-14/h2-12H,13H2,1H3/b11-10+. The lowest BCUT2D eigenvalue weighted by Gasteiger charge is -2.12. The van der Waals surface area contributed by atoms with Crippen LogP contribution in [0.5, 0.6) is 0 Å². The van der Waals surface area contributed by atoms with E-state index in [9.17, 15) is 4.79 Å². The summed E-state index contributed by atoms with van der Waals surface area (Å²) in [6.45, 7) is 0.478. The molecule has 2 aromatic carbocycles. The van der Waals surface area contributed by atoms with Crippen molar-refractivity contribution >= 4 is 44.6 Å². The van der Waals surface area contributed by atoms with Crippen molar-refractivity contribution in [1.82, 2.24) is 19.9 Å². The predicted molar refractivity (Wildman–Crippen MR) is 105 cm³/mol. The van der Waals surface area contributed by atoms with Gasteiger partial charge in [0.1, 0.15) is 5.01 Å². The highest BCUT2D eigenvalue weighted by Crippen LogP contribution is 2.22. The second-order valence-electron chi connectivity index (χ2n) is 5.89. The van der Waals surface area contributed by atoms with Crippen LogP contribution in [0.15, 0.2) is 60.8 Å². The summed E-state index contributed by atoms with van der Waals surface area (Å²) in [6, 6.07) is 15.6. The van der Waals surface area contributed by atoms with Crippen LogP contribution in [0.4, 0.5) is 0 Å². The second-order valence-corrected chi connectivity index (χ2v) is 7.00. The largest absolute Gasteiger partial charge is 0.335 e. The van der Waals surface area contributed by atoms with Gasteiger partial charge in [0.15, 0.2) is 0 Å². The third kappa shape index (κ3) is 3.45. The van der Waals surface area contributed by atoms with Crippen molar-refractivity contribution in [3.8, 4) is 0 Å². The van der Waals surface area contributed by atoms with Gasteiger partial charge in [-0.1, -0.05) is 24.3 Å². The minimum atomic E-state index is -0.0979. The lowest BCUT2D eigenvalue weighted by atomic mass is 10.3. The monoisotopic (exact) mass is 360 g/mol. The Morgan fingerprint density at radius 1 is 1.04 bits per heavy atom. The summed E-state index contributed by atoms with van der Waals surface area (Å²) >= 11 is 1.61. The summed E-state index contributed by atoms with van der Waals surface area (Å²) in [6.07, 6.45) is 4.88. The Kier molecular flexibility index (Phi) is 4.41. The zero-order valence-corrected chi connectivity index (χ0v) is 15.0. The molecule has 1 amide bonds. The summed E-state index contributed by atoms with van der Waals surface area (Å²) in [5.74, 6) is -0.0979. The number of amides is 1. The first-order valence-electron chi connectivity index (χ1n) is 8.18. The molecule has 0 spiro atoms. The Hall–Kier alpha value is -3.12. The highest BCUT2D eigenvalue weighted by molar-refractivity contribution is 7.18. The molecule has 2 heterocycles. The lowest BCUT2D eigenvalue weighted by Crippen LogP contribution is -2.24. The fraction of sp³-hybridized carbons (Fsp3) is 0.100. The van der Waals surface area contributed by atoms with Crippen molar-refractivity contribution in [3.63, 3.8) is 0 Å². The molecule has 0 saturated carbocycles. The first kappa shape index (κ1) is 16.4. The van der Waals surface area contributed by atoms with Gasteiger partial charge in [0, 0.05) is 13.1 Å². The molecule has 4 aromatic rings. The number of benzene rings is 2. The maximum Gasteiger partial charge on any atom is 0.246 e. The number of para-hydroxylation sites is 3. The van der Waals surface area contributed by atoms with Crippen LogP contribution in [0.25, 0.3) is 27.3 Å². The van der Waals surface area contributed by atoms with Gasteiger partial charge in [0.25, 0.3) is 0 Å². The summed E-state index contributed by atoms with van der Waals surface area (Å²) in [4.78, 5) is 27.4. The number of carbonyl (C=O) groups is 1. The van der Waals surface area contributed by atoms with Crippen LogP contribution in [0.3, 0.4) is 0 Å². The maximum absolute atomic E-state index is 12.4. The molecule has 0 radical (unpaired) electrons. The van der Waals surface area contributed by atoms with E-state index < -0.39 is 0 Å². The molecular weight excluding hydrogens is 344 g/mol. The van der Waals surface area contributed by atoms with E-state index in [2.05, 4.69) is 15.0 Å². The van der Waals surface area contributed by atoms with Gasteiger partial charge < -0.3 is 4.90 Å². The third-order valence-corrected chi connectivity index (χ3v) is 4.97. The molecule has 0 aliphatic carbocycles. The SMILES string of the molecule is CN(Cc1nc2ccccc2s1)C(=O)/C=C/c1cnc2ccccc2n1. The van der Waals surface area contributed by atoms with Crippen LogP contribution >= 0.6 is 11.3 Å². The molecule has 0 aliphatic heterocycles. The molecule has 6 heteroatoms. The number of nitrogens with zero attached hydrogens (tertiary/aromatic N) is 4. The van der Waals surface area contributed by atoms with E-state index in [1.54, 1.807) is 35.6 Å². The van der Waals surface area contributed by atoms with E-state index >= 15 is 0 Å². The van der Waals surface area contributed by atoms with Gasteiger partial charge in [-0.3, -0.25) is 9.78 Å². The maximum atomic E-state index is 12.4. The smallest absolute Gasteiger partial charge is 0.246 e. The number of rotatable bonds is 4. The lowest BCUT2D eigenvalue weighted by molar-refractivity contribution is -0.125. The van der Waals surface area contributed by atoms with Crippen molar-refractivity contribution in [1.29, 1.82) is 0 Å². The Morgan fingerprint density at radius 3 is 2.58 bits per heavy atom. The fourth-order valence-electron chi connectivity index (χ4n) is 2.60. The molecule has 0 unspecified atom stereocenters. The van der Waals surface area contributed by atoms with E-state index in [4.69, 9.17) is 0 Å². The molecule has 0 bridgehead atoms. The molecular formula is C20H16N4OS. The molecule has 0 aliphatic rings. The van der Waals surface area contributed by atoms with Crippen LogP contribution < -0.4 is 0 Å². The van der Waals surface area contributed by atoms with E-state index in [1.165, 1.54) is 6.08 Å². The predicted octanol–water partition coefficient (Wildman–Crippen LogP) is 3.91. The van der Waals surface area contributed by atoms with Crippen molar-refractivity contribution in [3.05, 3.63) is 71.5 Å². The third-order valence-electron chi connectivity index (χ3n) is 3.95. The van der Waals surface area contributed by atoms with Crippen molar-refractivity contribution in [2.45, 2.75) is 6.54 Å². The van der Waals surface area contributed by atoms with Crippen LogP contribution in [0, 0.1) is 0 Å². The van der Waals surface area contributed by atoms with Crippen molar-refractivity contribution in [2.24, 2.45) is 0 Å². The van der Waals surface area contributed by atoms with Crippen LogP contribution in [-0.4, -0.2) is 32.8 Å². The van der Waals surface area contributed by atoms with Gasteiger partial charge in [-0.05, 0) is 30.3 Å². The average Bonchev–Trinajstić information content (AvgIpc) is 3.08. The highest BCUT2D eigenvalue weighted by atomic mass is 32.1. The Balaban J connectivity index is 1.46. The van der Waals surface area contributed by atoms with E-state index in [0.717, 1.165) is 26.3 Å². The minimum Gasteiger partial charge on any atom is -0.335 e. The van der Waals surface area contributed by atoms with E-state index in [0.29, 0.717) is 12.2 Å². The van der Waals surface area contributed by atoms with E-state index in [1.807, 2.05) is 48.5 Å². The van der Waals surface area contributed by atoms with Gasteiger partial charge in [-0.25, -0.2) is 9.97 Å². The number of thiazole rings is 1. The number of carbonyl (C=O) groups excluding carboxylic acids is 1. The van der Waals surface area contributed by atoms with Crippen molar-refractivity contribution < 1.29 is 4.79 Å². The van der Waals surface area contributed by atoms with Crippen LogP contribution in [0.1, 0.15) is 10.7 Å². The molecule has 2 aromatic heterocycles. The zero-order chi connectivity index (χ0) is 17.9. The van der Waals surface area contributed by atoms with Gasteiger partial charge in [0.2, 0.25) is 5.91 Å². The Labute approximate surface area is 154 Å². The van der Waals surface area contributed by atoms with Gasteiger partial charge in [0.05, 0.1) is 39.7 Å². The minimum absolute atomic E-state index is 0.0979. The number of hydrogen-bond donors (Lipinski definition) is 0. The molecule has 26 heavy (non-hydrogen) atoms. The Bertz CT molecular complexity index is 1090. The Morgan fingerprint density at radius 2 is 1.77 bits per heavy atom. The van der Waals surface area contributed by atoms with Gasteiger partial charge >= 0.3 is 0 Å². The summed E-state index contributed by atoms with van der Waals surface area (Å²) < 4.78 is 1.13.